The number of carbonyl (C=O) groups is 3. The minimum atomic E-state index is -0.666. The Morgan fingerprint density at radius 2 is 1.81 bits per heavy atom. The largest absolute Gasteiger partial charge is 0.508 e. The SMILES string of the molecule is COc1ccc(/C=C2\NC(=O)N(CC(=O)Nc3ccc(O)cc3)C2=O)cc1. The van der Waals surface area contributed by atoms with E-state index in [4.69, 9.17) is 4.74 Å². The highest BCUT2D eigenvalue weighted by atomic mass is 16.5. The molecule has 0 atom stereocenters. The van der Waals surface area contributed by atoms with Crippen LogP contribution in [0.15, 0.2) is 54.2 Å². The fraction of sp³-hybridized carbons (Fsp3) is 0.105. The van der Waals surface area contributed by atoms with Gasteiger partial charge in [0.15, 0.2) is 0 Å². The number of phenols is 1. The number of urea groups is 1. The van der Waals surface area contributed by atoms with Crippen molar-refractivity contribution in [2.45, 2.75) is 0 Å². The lowest BCUT2D eigenvalue weighted by molar-refractivity contribution is -0.127. The number of ether oxygens (including phenoxy) is 1. The van der Waals surface area contributed by atoms with Crippen LogP contribution in [-0.4, -0.2) is 41.5 Å². The monoisotopic (exact) mass is 367 g/mol. The Bertz CT molecular complexity index is 904. The molecule has 0 unspecified atom stereocenters. The molecule has 1 aliphatic heterocycles. The molecular formula is C19H17N3O5. The van der Waals surface area contributed by atoms with Gasteiger partial charge in [-0.3, -0.25) is 9.59 Å². The van der Waals surface area contributed by atoms with Gasteiger partial charge in [-0.05, 0) is 48.0 Å². The Hall–Kier alpha value is -3.81. The summed E-state index contributed by atoms with van der Waals surface area (Å²) in [5.74, 6) is -0.381. The molecule has 3 rings (SSSR count). The van der Waals surface area contributed by atoms with E-state index in [1.807, 2.05) is 0 Å². The van der Waals surface area contributed by atoms with Gasteiger partial charge in [0, 0.05) is 5.69 Å². The fourth-order valence-electron chi connectivity index (χ4n) is 2.47. The maximum absolute atomic E-state index is 12.4. The van der Waals surface area contributed by atoms with Gasteiger partial charge in [0.1, 0.15) is 23.7 Å². The summed E-state index contributed by atoms with van der Waals surface area (Å²) >= 11 is 0. The predicted octanol–water partition coefficient (Wildman–Crippen LogP) is 1.93. The number of rotatable bonds is 5. The number of anilines is 1. The summed E-state index contributed by atoms with van der Waals surface area (Å²) < 4.78 is 5.07. The van der Waals surface area contributed by atoms with E-state index in [9.17, 15) is 19.5 Å². The number of nitrogens with zero attached hydrogens (tertiary/aromatic N) is 1. The third kappa shape index (κ3) is 4.24. The van der Waals surface area contributed by atoms with Crippen molar-refractivity contribution in [2.24, 2.45) is 0 Å². The molecule has 0 saturated carbocycles. The highest BCUT2D eigenvalue weighted by Crippen LogP contribution is 2.18. The zero-order valence-corrected chi connectivity index (χ0v) is 14.4. The van der Waals surface area contributed by atoms with Crippen molar-refractivity contribution < 1.29 is 24.2 Å². The van der Waals surface area contributed by atoms with Crippen molar-refractivity contribution >= 4 is 29.6 Å². The third-order valence-electron chi connectivity index (χ3n) is 3.84. The molecular weight excluding hydrogens is 350 g/mol. The Balaban J connectivity index is 1.67. The Morgan fingerprint density at radius 1 is 1.15 bits per heavy atom. The van der Waals surface area contributed by atoms with Crippen LogP contribution < -0.4 is 15.4 Å². The molecule has 4 amide bonds. The first-order valence-corrected chi connectivity index (χ1v) is 8.04. The minimum absolute atomic E-state index is 0.0652. The first kappa shape index (κ1) is 18.0. The van der Waals surface area contributed by atoms with Gasteiger partial charge in [-0.2, -0.15) is 0 Å². The Labute approximate surface area is 155 Å². The van der Waals surface area contributed by atoms with Crippen LogP contribution in [0, 0.1) is 0 Å². The van der Waals surface area contributed by atoms with Gasteiger partial charge in [-0.25, -0.2) is 9.69 Å². The Morgan fingerprint density at radius 3 is 2.44 bits per heavy atom. The van der Waals surface area contributed by atoms with E-state index in [0.29, 0.717) is 17.0 Å². The number of nitrogens with one attached hydrogen (secondary N) is 2. The van der Waals surface area contributed by atoms with Crippen molar-refractivity contribution in [2.75, 3.05) is 19.0 Å². The second-order valence-corrected chi connectivity index (χ2v) is 5.75. The molecule has 1 aliphatic rings. The van der Waals surface area contributed by atoms with Gasteiger partial charge in [0.2, 0.25) is 5.91 Å². The van der Waals surface area contributed by atoms with Gasteiger partial charge in [-0.1, -0.05) is 12.1 Å². The van der Waals surface area contributed by atoms with E-state index in [1.54, 1.807) is 31.4 Å². The van der Waals surface area contributed by atoms with E-state index in [-0.39, 0.29) is 11.4 Å². The van der Waals surface area contributed by atoms with Gasteiger partial charge >= 0.3 is 6.03 Å². The maximum atomic E-state index is 12.4. The molecule has 0 aromatic heterocycles. The summed E-state index contributed by atoms with van der Waals surface area (Å²) in [7, 11) is 1.55. The first-order chi connectivity index (χ1) is 13.0. The first-order valence-electron chi connectivity index (χ1n) is 8.04. The van der Waals surface area contributed by atoms with Gasteiger partial charge in [-0.15, -0.1) is 0 Å². The van der Waals surface area contributed by atoms with Gasteiger partial charge in [0.05, 0.1) is 7.11 Å². The highest BCUT2D eigenvalue weighted by molar-refractivity contribution is 6.15. The van der Waals surface area contributed by atoms with Crippen LogP contribution in [0.2, 0.25) is 0 Å². The lowest BCUT2D eigenvalue weighted by atomic mass is 10.2. The van der Waals surface area contributed by atoms with Crippen LogP contribution in [-0.2, 0) is 9.59 Å². The average molecular weight is 367 g/mol. The standard InChI is InChI=1S/C19H17N3O5/c1-27-15-8-2-12(3-9-15)10-16-18(25)22(19(26)21-16)11-17(24)20-13-4-6-14(23)7-5-13/h2-10,23H,11H2,1H3,(H,20,24)(H,21,26)/b16-10-. The summed E-state index contributed by atoms with van der Waals surface area (Å²) in [6, 6.07) is 12.1. The second-order valence-electron chi connectivity index (χ2n) is 5.75. The quantitative estimate of drug-likeness (QED) is 0.425. The molecule has 3 N–H and O–H groups in total. The van der Waals surface area contributed by atoms with E-state index < -0.39 is 24.4 Å². The summed E-state index contributed by atoms with van der Waals surface area (Å²) in [6.45, 7) is -0.425. The zero-order chi connectivity index (χ0) is 19.4. The Kier molecular flexibility index (Phi) is 5.07. The zero-order valence-electron chi connectivity index (χ0n) is 14.4. The van der Waals surface area contributed by atoms with Crippen molar-refractivity contribution in [3.63, 3.8) is 0 Å². The second kappa shape index (κ2) is 7.61. The summed E-state index contributed by atoms with van der Waals surface area (Å²) in [4.78, 5) is 37.4. The number of carbonyl (C=O) groups excluding carboxylic acids is 3. The minimum Gasteiger partial charge on any atom is -0.508 e. The van der Waals surface area contributed by atoms with Crippen molar-refractivity contribution in [3.8, 4) is 11.5 Å². The average Bonchev–Trinajstić information content (AvgIpc) is 2.91. The van der Waals surface area contributed by atoms with E-state index >= 15 is 0 Å². The number of imide groups is 1. The van der Waals surface area contributed by atoms with E-state index in [1.165, 1.54) is 30.3 Å². The molecule has 27 heavy (non-hydrogen) atoms. The van der Waals surface area contributed by atoms with Crippen molar-refractivity contribution in [3.05, 3.63) is 59.8 Å². The predicted molar refractivity (Wildman–Crippen MR) is 98.0 cm³/mol. The number of hydrogen-bond donors (Lipinski definition) is 3. The number of hydrogen-bond acceptors (Lipinski definition) is 5. The molecule has 0 spiro atoms. The molecule has 1 heterocycles. The number of aromatic hydroxyl groups is 1. The van der Waals surface area contributed by atoms with Crippen LogP contribution in [0.5, 0.6) is 11.5 Å². The number of amides is 4. The highest BCUT2D eigenvalue weighted by Gasteiger charge is 2.34. The van der Waals surface area contributed by atoms with E-state index in [2.05, 4.69) is 10.6 Å². The summed E-state index contributed by atoms with van der Waals surface area (Å²) in [5.41, 5.74) is 1.23. The molecule has 0 bridgehead atoms. The van der Waals surface area contributed by atoms with Crippen LogP contribution in [0.4, 0.5) is 10.5 Å². The van der Waals surface area contributed by atoms with Crippen molar-refractivity contribution in [1.82, 2.24) is 10.2 Å². The summed E-state index contributed by atoms with van der Waals surface area (Å²) in [5, 5.41) is 14.3. The molecule has 8 nitrogen and oxygen atoms in total. The normalized spacial score (nSPS) is 15.0. The molecule has 8 heteroatoms. The molecule has 1 saturated heterocycles. The molecule has 2 aromatic carbocycles. The smallest absolute Gasteiger partial charge is 0.329 e. The van der Waals surface area contributed by atoms with Gasteiger partial charge < -0.3 is 20.5 Å². The third-order valence-corrected chi connectivity index (χ3v) is 3.84. The van der Waals surface area contributed by atoms with Crippen molar-refractivity contribution in [1.29, 1.82) is 0 Å². The molecule has 2 aromatic rings. The number of benzene rings is 2. The van der Waals surface area contributed by atoms with Crippen LogP contribution in [0.1, 0.15) is 5.56 Å². The molecule has 0 radical (unpaired) electrons. The lowest BCUT2D eigenvalue weighted by Gasteiger charge is -2.12. The van der Waals surface area contributed by atoms with Gasteiger partial charge in [0.25, 0.3) is 5.91 Å². The number of phenolic OH excluding ortho intramolecular Hbond substituents is 1. The topological polar surface area (TPSA) is 108 Å². The molecule has 0 aliphatic carbocycles. The molecule has 138 valence electrons. The lowest BCUT2D eigenvalue weighted by Crippen LogP contribution is -2.38. The van der Waals surface area contributed by atoms with E-state index in [0.717, 1.165) is 4.90 Å². The van der Waals surface area contributed by atoms with Crippen LogP contribution >= 0.6 is 0 Å². The van der Waals surface area contributed by atoms with Crippen LogP contribution in [0.3, 0.4) is 0 Å². The number of methoxy groups -OCH3 is 1. The molecule has 1 fully saturated rings. The fourth-order valence-corrected chi connectivity index (χ4v) is 2.47. The maximum Gasteiger partial charge on any atom is 0.329 e. The summed E-state index contributed by atoms with van der Waals surface area (Å²) in [6.07, 6.45) is 1.53. The van der Waals surface area contributed by atoms with Crippen LogP contribution in [0.25, 0.3) is 6.08 Å².